The first kappa shape index (κ1) is 45.5. The van der Waals surface area contributed by atoms with Crippen molar-refractivity contribution in [1.82, 2.24) is 0 Å². The number of phenolic OH excluding ortho intramolecular Hbond substituents is 2. The van der Waals surface area contributed by atoms with Gasteiger partial charge in [-0.25, -0.2) is 0 Å². The number of aryl methyl sites for hydroxylation is 6. The zero-order valence-corrected chi connectivity index (χ0v) is 36.0. The third-order valence-corrected chi connectivity index (χ3v) is 10.8. The molecule has 0 spiro atoms. The molecule has 4 heteroatoms. The number of fused-ring (bicyclic) bond motifs is 1. The van der Waals surface area contributed by atoms with Gasteiger partial charge in [-0.1, -0.05) is 131 Å². The Bertz CT molecular complexity index is 1800. The summed E-state index contributed by atoms with van der Waals surface area (Å²) in [6, 6.07) is 21.1. The van der Waals surface area contributed by atoms with Crippen molar-refractivity contribution in [1.29, 1.82) is 0 Å². The maximum Gasteiger partial charge on any atom is 0.127 e. The van der Waals surface area contributed by atoms with E-state index < -0.39 is 0 Å². The zero-order chi connectivity index (χ0) is 40.0. The summed E-state index contributed by atoms with van der Waals surface area (Å²) in [5.41, 5.74) is 12.5. The lowest BCUT2D eigenvalue weighted by molar-refractivity contribution is 0.463. The number of hydrogen-bond acceptors (Lipinski definition) is 4. The van der Waals surface area contributed by atoms with E-state index in [-0.39, 0.29) is 11.5 Å². The topological polar surface area (TPSA) is 65.2 Å². The Morgan fingerprint density at radius 3 is 1.45 bits per heavy atom. The average molecular weight is 747 g/mol. The molecular formula is C51H74N2O2. The first-order chi connectivity index (χ1) is 26.7. The number of rotatable bonds is 22. The number of benzene rings is 4. The van der Waals surface area contributed by atoms with Crippen LogP contribution >= 0.6 is 0 Å². The van der Waals surface area contributed by atoms with E-state index in [1.165, 1.54) is 104 Å². The van der Waals surface area contributed by atoms with Gasteiger partial charge in [0.2, 0.25) is 0 Å². The molecule has 0 fully saturated rings. The second-order valence-electron chi connectivity index (χ2n) is 15.4. The van der Waals surface area contributed by atoms with Crippen LogP contribution in [0.15, 0.2) is 70.6 Å². The van der Waals surface area contributed by atoms with Crippen molar-refractivity contribution >= 4 is 33.6 Å². The van der Waals surface area contributed by atoms with E-state index in [1.54, 1.807) is 12.1 Å². The van der Waals surface area contributed by atoms with Crippen molar-refractivity contribution < 1.29 is 10.2 Å². The summed E-state index contributed by atoms with van der Waals surface area (Å²) in [6.07, 6.45) is 22.2. The highest BCUT2D eigenvalue weighted by Gasteiger charge is 2.13. The molecule has 0 saturated heterocycles. The molecule has 0 unspecified atom stereocenters. The van der Waals surface area contributed by atoms with Crippen molar-refractivity contribution in [2.45, 2.75) is 177 Å². The zero-order valence-electron chi connectivity index (χ0n) is 36.0. The van der Waals surface area contributed by atoms with Crippen molar-refractivity contribution in [3.8, 4) is 11.5 Å². The lowest BCUT2D eigenvalue weighted by atomic mass is 9.99. The maximum atomic E-state index is 10.0. The molecule has 0 saturated carbocycles. The maximum absolute atomic E-state index is 10.0. The highest BCUT2D eigenvalue weighted by atomic mass is 16.3. The molecule has 0 aromatic heterocycles. The van der Waals surface area contributed by atoms with Gasteiger partial charge in [0, 0.05) is 0 Å². The van der Waals surface area contributed by atoms with Crippen LogP contribution in [0.25, 0.3) is 10.8 Å². The molecule has 0 radical (unpaired) electrons. The lowest BCUT2D eigenvalue weighted by Crippen LogP contribution is -2.14. The van der Waals surface area contributed by atoms with Crippen LogP contribution in [0.1, 0.15) is 172 Å². The number of aromatic hydroxyl groups is 2. The number of nitrogens with zero attached hydrogens (tertiary/aromatic N) is 2. The molecule has 4 aromatic rings. The van der Waals surface area contributed by atoms with Gasteiger partial charge in [0.15, 0.2) is 0 Å². The van der Waals surface area contributed by atoms with Gasteiger partial charge in [0.05, 0.1) is 28.2 Å². The Labute approximate surface area is 335 Å². The Balaban J connectivity index is 0.000000374. The molecule has 4 aromatic carbocycles. The van der Waals surface area contributed by atoms with Crippen LogP contribution < -0.4 is 0 Å². The second kappa shape index (κ2) is 25.3. The molecule has 0 atom stereocenters. The van der Waals surface area contributed by atoms with Crippen molar-refractivity contribution in [3.05, 3.63) is 94.0 Å². The van der Waals surface area contributed by atoms with Gasteiger partial charge in [0.1, 0.15) is 11.5 Å². The van der Waals surface area contributed by atoms with E-state index in [0.29, 0.717) is 5.39 Å². The van der Waals surface area contributed by atoms with Gasteiger partial charge in [-0.05, 0) is 146 Å². The summed E-state index contributed by atoms with van der Waals surface area (Å²) in [7, 11) is 0. The molecule has 4 nitrogen and oxygen atoms in total. The minimum atomic E-state index is 0.155. The molecule has 0 heterocycles. The molecule has 0 aliphatic heterocycles. The average Bonchev–Trinajstić information content (AvgIpc) is 3.18. The fourth-order valence-corrected chi connectivity index (χ4v) is 7.57. The van der Waals surface area contributed by atoms with Crippen LogP contribution in [0, 0.1) is 6.92 Å². The van der Waals surface area contributed by atoms with Gasteiger partial charge in [0.25, 0.3) is 0 Å². The fourth-order valence-electron chi connectivity index (χ4n) is 7.57. The third kappa shape index (κ3) is 14.9. The first-order valence-corrected chi connectivity index (χ1v) is 22.1. The monoisotopic (exact) mass is 747 g/mol. The highest BCUT2D eigenvalue weighted by molar-refractivity contribution is 6.43. The van der Waals surface area contributed by atoms with E-state index in [2.05, 4.69) is 90.9 Å². The number of phenols is 2. The Kier molecular flexibility index (Phi) is 20.9. The molecule has 0 aliphatic rings. The van der Waals surface area contributed by atoms with Gasteiger partial charge < -0.3 is 10.2 Å². The Hall–Kier alpha value is -3.92. The Morgan fingerprint density at radius 2 is 0.927 bits per heavy atom. The third-order valence-electron chi connectivity index (χ3n) is 10.8. The van der Waals surface area contributed by atoms with Crippen LogP contribution in [0.4, 0.5) is 11.4 Å². The second-order valence-corrected chi connectivity index (χ2v) is 15.4. The standard InChI is InChI=1S/C35H54N2.C16H20O2/c1-7-13-15-16-17-19-21-35(37-33-25-23-29(10-4)31(12-6)27-33)34(20-18-14-8-2)36-32-24-22-28(9-3)30(11-5)26-32;1-3-4-5-6-12-9-13-7-11(2)8-14(17)16(13)15(18)10-12/h22-27H,7-21H2,1-6H3;7-10,17-18H,3-6H2,1-2H3. The van der Waals surface area contributed by atoms with E-state index in [0.717, 1.165) is 79.3 Å². The predicted octanol–water partition coefficient (Wildman–Crippen LogP) is 15.4. The minimum absolute atomic E-state index is 0.155. The van der Waals surface area contributed by atoms with E-state index in [4.69, 9.17) is 9.98 Å². The summed E-state index contributed by atoms with van der Waals surface area (Å²) in [6.45, 7) is 17.7. The van der Waals surface area contributed by atoms with Crippen molar-refractivity contribution in [2.24, 2.45) is 9.98 Å². The summed E-state index contributed by atoms with van der Waals surface area (Å²) in [5, 5.41) is 21.4. The van der Waals surface area contributed by atoms with E-state index >= 15 is 0 Å². The molecule has 2 N–H and O–H groups in total. The molecule has 0 amide bonds. The summed E-state index contributed by atoms with van der Waals surface area (Å²) >= 11 is 0. The molecule has 4 rings (SSSR count). The van der Waals surface area contributed by atoms with Crippen molar-refractivity contribution in [2.75, 3.05) is 0 Å². The molecular weight excluding hydrogens is 673 g/mol. The first-order valence-electron chi connectivity index (χ1n) is 22.1. The molecule has 0 bridgehead atoms. The van der Waals surface area contributed by atoms with E-state index in [1.807, 2.05) is 13.0 Å². The molecule has 300 valence electrons. The van der Waals surface area contributed by atoms with Gasteiger partial charge >= 0.3 is 0 Å². The van der Waals surface area contributed by atoms with E-state index in [9.17, 15) is 10.2 Å². The largest absolute Gasteiger partial charge is 0.507 e. The number of hydrogen-bond donors (Lipinski definition) is 2. The number of unbranched alkanes of at least 4 members (excludes halogenated alkanes) is 9. The smallest absolute Gasteiger partial charge is 0.127 e. The minimum Gasteiger partial charge on any atom is -0.507 e. The van der Waals surface area contributed by atoms with Gasteiger partial charge in [-0.3, -0.25) is 9.98 Å². The van der Waals surface area contributed by atoms with Crippen LogP contribution in [-0.2, 0) is 32.1 Å². The SMILES string of the molecule is CCCCCCCCC(=Nc1ccc(CC)c(CC)c1)C(CCCCC)=Nc1ccc(CC)c(CC)c1.CCCCCc1cc(O)c2c(O)cc(C)cc2c1. The van der Waals surface area contributed by atoms with Crippen molar-refractivity contribution in [3.63, 3.8) is 0 Å². The van der Waals surface area contributed by atoms with Crippen LogP contribution in [0.2, 0.25) is 0 Å². The summed E-state index contributed by atoms with van der Waals surface area (Å²) in [5.74, 6) is 0.333. The van der Waals surface area contributed by atoms with Crippen LogP contribution in [-0.4, -0.2) is 21.6 Å². The molecule has 0 aliphatic carbocycles. The fraction of sp³-hybridized carbons (Fsp3) is 0.529. The highest BCUT2D eigenvalue weighted by Crippen LogP contribution is 2.35. The lowest BCUT2D eigenvalue weighted by Gasteiger charge is -2.14. The predicted molar refractivity (Wildman–Crippen MR) is 242 cm³/mol. The summed E-state index contributed by atoms with van der Waals surface area (Å²) in [4.78, 5) is 10.6. The quantitative estimate of drug-likeness (QED) is 0.0621. The Morgan fingerprint density at radius 1 is 0.473 bits per heavy atom. The van der Waals surface area contributed by atoms with Crippen LogP contribution in [0.3, 0.4) is 0 Å². The number of aliphatic imine (C=N–C) groups is 2. The van der Waals surface area contributed by atoms with Gasteiger partial charge in [-0.15, -0.1) is 0 Å². The van der Waals surface area contributed by atoms with Gasteiger partial charge in [-0.2, -0.15) is 0 Å². The van der Waals surface area contributed by atoms with Crippen LogP contribution in [0.5, 0.6) is 11.5 Å². The summed E-state index contributed by atoms with van der Waals surface area (Å²) < 4.78 is 0. The molecule has 55 heavy (non-hydrogen) atoms. The normalized spacial score (nSPS) is 11.9.